The molecule has 0 saturated carbocycles. The van der Waals surface area contributed by atoms with Gasteiger partial charge in [0, 0.05) is 32.4 Å². The van der Waals surface area contributed by atoms with Gasteiger partial charge in [-0.2, -0.15) is 0 Å². The lowest BCUT2D eigenvalue weighted by molar-refractivity contribution is -0.124. The summed E-state index contributed by atoms with van der Waals surface area (Å²) < 4.78 is 21.5. The normalized spacial score (nSPS) is 17.4. The molecule has 2 aromatic carbocycles. The number of benzene rings is 2. The highest BCUT2D eigenvalue weighted by atomic mass is 16.5. The van der Waals surface area contributed by atoms with Gasteiger partial charge in [-0.1, -0.05) is 12.1 Å². The maximum Gasteiger partial charge on any atom is 0.254 e. The Kier molecular flexibility index (Phi) is 8.16. The number of amides is 2. The molecular weight excluding hydrogens is 424 g/mol. The number of hydrogen-bond donors (Lipinski definition) is 1. The van der Waals surface area contributed by atoms with Crippen LogP contribution in [-0.2, 0) is 9.53 Å². The number of nitrogens with zero attached hydrogens (tertiary/aromatic N) is 1. The monoisotopic (exact) mass is 456 g/mol. The van der Waals surface area contributed by atoms with Crippen molar-refractivity contribution in [2.24, 2.45) is 0 Å². The van der Waals surface area contributed by atoms with E-state index < -0.39 is 12.0 Å². The molecule has 0 aliphatic carbocycles. The molecule has 0 spiro atoms. The molecule has 33 heavy (non-hydrogen) atoms. The molecule has 1 aliphatic heterocycles. The van der Waals surface area contributed by atoms with Crippen molar-refractivity contribution in [1.82, 2.24) is 10.2 Å². The first-order valence-electron chi connectivity index (χ1n) is 11.0. The largest absolute Gasteiger partial charge is 0.497 e. The molecule has 1 N–H and O–H groups in total. The lowest BCUT2D eigenvalue weighted by Gasteiger charge is -2.40. The Bertz CT molecular complexity index is 976. The number of methoxy groups -OCH3 is 3. The molecule has 2 amide bonds. The van der Waals surface area contributed by atoms with Gasteiger partial charge in [0.1, 0.15) is 5.75 Å². The fraction of sp³-hybridized carbons (Fsp3) is 0.440. The Hall–Kier alpha value is -3.26. The summed E-state index contributed by atoms with van der Waals surface area (Å²) in [5, 5.41) is 3.02. The van der Waals surface area contributed by atoms with E-state index in [9.17, 15) is 9.59 Å². The summed E-state index contributed by atoms with van der Waals surface area (Å²) in [6.45, 7) is 3.62. The van der Waals surface area contributed by atoms with Gasteiger partial charge in [0.25, 0.3) is 5.91 Å². The average Bonchev–Trinajstić information content (AvgIpc) is 2.85. The molecule has 0 saturated heterocycles. The molecule has 1 aliphatic rings. The second-order valence-corrected chi connectivity index (χ2v) is 7.75. The van der Waals surface area contributed by atoms with Gasteiger partial charge in [-0.25, -0.2) is 0 Å². The first-order chi connectivity index (χ1) is 16.0. The van der Waals surface area contributed by atoms with Gasteiger partial charge in [-0.15, -0.1) is 0 Å². The summed E-state index contributed by atoms with van der Waals surface area (Å²) in [6.07, 6.45) is 0.701. The summed E-state index contributed by atoms with van der Waals surface area (Å²) in [4.78, 5) is 28.5. The van der Waals surface area contributed by atoms with E-state index in [4.69, 9.17) is 18.9 Å². The molecule has 0 fully saturated rings. The van der Waals surface area contributed by atoms with Crippen molar-refractivity contribution in [3.8, 4) is 17.2 Å². The Morgan fingerprint density at radius 2 is 1.70 bits per heavy atom. The third-order valence-corrected chi connectivity index (χ3v) is 5.88. The van der Waals surface area contributed by atoms with Crippen molar-refractivity contribution >= 4 is 11.8 Å². The van der Waals surface area contributed by atoms with Crippen molar-refractivity contribution in [2.45, 2.75) is 25.3 Å². The van der Waals surface area contributed by atoms with Crippen LogP contribution in [0.3, 0.4) is 0 Å². The molecule has 178 valence electrons. The van der Waals surface area contributed by atoms with Crippen LogP contribution in [0.2, 0.25) is 0 Å². The van der Waals surface area contributed by atoms with Crippen molar-refractivity contribution < 1.29 is 28.5 Å². The molecule has 0 aromatic heterocycles. The second-order valence-electron chi connectivity index (χ2n) is 7.75. The number of carbonyl (C=O) groups is 2. The standard InChI is InChI=1S/C25H32N2O6/c1-6-33-13-7-12-26-24(28)22-18-14-20(31-4)21(32-5)15-19(18)25(29)27(2)23(22)16-8-10-17(30-3)11-9-16/h8-11,14-15,22-23H,6-7,12-13H2,1-5H3,(H,26,28)/t22-,23-/m0/s1. The van der Waals surface area contributed by atoms with E-state index in [1.54, 1.807) is 31.2 Å². The molecule has 2 aromatic rings. The second kappa shape index (κ2) is 11.0. The van der Waals surface area contributed by atoms with E-state index in [0.29, 0.717) is 54.6 Å². The van der Waals surface area contributed by atoms with Gasteiger partial charge in [-0.05, 0) is 48.7 Å². The summed E-state index contributed by atoms with van der Waals surface area (Å²) in [7, 11) is 6.36. The Morgan fingerprint density at radius 1 is 1.03 bits per heavy atom. The number of nitrogens with one attached hydrogen (secondary N) is 1. The van der Waals surface area contributed by atoms with E-state index in [1.165, 1.54) is 14.2 Å². The molecule has 0 unspecified atom stereocenters. The quantitative estimate of drug-likeness (QED) is 0.553. The van der Waals surface area contributed by atoms with Crippen LogP contribution in [-0.4, -0.2) is 64.8 Å². The predicted molar refractivity (Wildman–Crippen MR) is 124 cm³/mol. The first-order valence-corrected chi connectivity index (χ1v) is 11.0. The minimum atomic E-state index is -0.636. The molecule has 8 heteroatoms. The summed E-state index contributed by atoms with van der Waals surface area (Å²) >= 11 is 0. The molecule has 1 heterocycles. The van der Waals surface area contributed by atoms with E-state index in [1.807, 2.05) is 31.2 Å². The zero-order valence-corrected chi connectivity index (χ0v) is 19.8. The van der Waals surface area contributed by atoms with Crippen LogP contribution in [0.25, 0.3) is 0 Å². The van der Waals surface area contributed by atoms with Gasteiger partial charge in [0.15, 0.2) is 11.5 Å². The average molecular weight is 457 g/mol. The zero-order chi connectivity index (χ0) is 24.0. The lowest BCUT2D eigenvalue weighted by atomic mass is 9.79. The highest BCUT2D eigenvalue weighted by Crippen LogP contribution is 2.45. The highest BCUT2D eigenvalue weighted by Gasteiger charge is 2.43. The summed E-state index contributed by atoms with van der Waals surface area (Å²) in [5.74, 6) is 0.621. The smallest absolute Gasteiger partial charge is 0.254 e. The van der Waals surface area contributed by atoms with Crippen LogP contribution < -0.4 is 19.5 Å². The van der Waals surface area contributed by atoms with Crippen LogP contribution in [0.5, 0.6) is 17.2 Å². The van der Waals surface area contributed by atoms with Crippen LogP contribution in [0.1, 0.15) is 46.8 Å². The van der Waals surface area contributed by atoms with Gasteiger partial charge in [-0.3, -0.25) is 9.59 Å². The van der Waals surface area contributed by atoms with Gasteiger partial charge in [0.2, 0.25) is 5.91 Å². The van der Waals surface area contributed by atoms with E-state index >= 15 is 0 Å². The molecule has 8 nitrogen and oxygen atoms in total. The fourth-order valence-corrected chi connectivity index (χ4v) is 4.19. The molecule has 3 rings (SSSR count). The summed E-state index contributed by atoms with van der Waals surface area (Å²) in [6, 6.07) is 10.3. The highest BCUT2D eigenvalue weighted by molar-refractivity contribution is 6.02. The Labute approximate surface area is 194 Å². The SMILES string of the molecule is CCOCCCNC(=O)[C@H]1c2cc(OC)c(OC)cc2C(=O)N(C)[C@H]1c1ccc(OC)cc1. The van der Waals surface area contributed by atoms with E-state index in [-0.39, 0.29) is 11.8 Å². The van der Waals surface area contributed by atoms with Crippen LogP contribution in [0.15, 0.2) is 36.4 Å². The van der Waals surface area contributed by atoms with Crippen molar-refractivity contribution in [2.75, 3.05) is 48.1 Å². The molecule has 0 bridgehead atoms. The summed E-state index contributed by atoms with van der Waals surface area (Å²) in [5.41, 5.74) is 1.87. The van der Waals surface area contributed by atoms with Gasteiger partial charge in [0.05, 0.1) is 33.3 Å². The molecular formula is C25H32N2O6. The lowest BCUT2D eigenvalue weighted by Crippen LogP contribution is -2.46. The maximum atomic E-state index is 13.5. The Balaban J connectivity index is 2.05. The van der Waals surface area contributed by atoms with E-state index in [2.05, 4.69) is 5.32 Å². The fourth-order valence-electron chi connectivity index (χ4n) is 4.19. The number of hydrogen-bond acceptors (Lipinski definition) is 6. The minimum absolute atomic E-state index is 0.167. The number of carbonyl (C=O) groups excluding carboxylic acids is 2. The number of likely N-dealkylation sites (N-methyl/N-ethyl adjacent to an activating group) is 1. The number of rotatable bonds is 10. The van der Waals surface area contributed by atoms with Crippen molar-refractivity contribution in [3.05, 3.63) is 53.1 Å². The number of fused-ring (bicyclic) bond motifs is 1. The van der Waals surface area contributed by atoms with Crippen LogP contribution >= 0.6 is 0 Å². The predicted octanol–water partition coefficient (Wildman–Crippen LogP) is 3.17. The van der Waals surface area contributed by atoms with E-state index in [0.717, 1.165) is 5.56 Å². The van der Waals surface area contributed by atoms with Crippen molar-refractivity contribution in [1.29, 1.82) is 0 Å². The third-order valence-electron chi connectivity index (χ3n) is 5.88. The van der Waals surface area contributed by atoms with Crippen molar-refractivity contribution in [3.63, 3.8) is 0 Å². The molecule has 2 atom stereocenters. The topological polar surface area (TPSA) is 86.3 Å². The van der Waals surface area contributed by atoms with Gasteiger partial charge >= 0.3 is 0 Å². The maximum absolute atomic E-state index is 13.5. The van der Waals surface area contributed by atoms with Gasteiger partial charge < -0.3 is 29.2 Å². The minimum Gasteiger partial charge on any atom is -0.497 e. The Morgan fingerprint density at radius 3 is 2.30 bits per heavy atom. The number of ether oxygens (including phenoxy) is 4. The third kappa shape index (κ3) is 5.06. The zero-order valence-electron chi connectivity index (χ0n) is 19.8. The van der Waals surface area contributed by atoms with Crippen LogP contribution in [0, 0.1) is 0 Å². The van der Waals surface area contributed by atoms with Crippen LogP contribution in [0.4, 0.5) is 0 Å². The molecule has 0 radical (unpaired) electrons. The first kappa shape index (κ1) is 24.4.